The highest BCUT2D eigenvalue weighted by Crippen LogP contribution is 2.25. The maximum absolute atomic E-state index is 12.4. The molecule has 3 N–H and O–H groups in total. The zero-order valence-electron chi connectivity index (χ0n) is 13.1. The van der Waals surface area contributed by atoms with Crippen molar-refractivity contribution in [3.63, 3.8) is 0 Å². The molecule has 0 radical (unpaired) electrons. The third kappa shape index (κ3) is 3.93. The normalized spacial score (nSPS) is 11.6. The second kappa shape index (κ2) is 7.64. The summed E-state index contributed by atoms with van der Waals surface area (Å²) >= 11 is 0.758. The van der Waals surface area contributed by atoms with E-state index in [2.05, 4.69) is 14.9 Å². The van der Waals surface area contributed by atoms with Crippen molar-refractivity contribution in [3.8, 4) is 0 Å². The van der Waals surface area contributed by atoms with E-state index >= 15 is 0 Å². The van der Waals surface area contributed by atoms with E-state index in [-0.39, 0.29) is 17.2 Å². The van der Waals surface area contributed by atoms with Gasteiger partial charge in [0.2, 0.25) is 5.91 Å². The molecule has 1 aromatic carbocycles. The lowest BCUT2D eigenvalue weighted by Gasteiger charge is -2.11. The van der Waals surface area contributed by atoms with Crippen LogP contribution in [0.25, 0.3) is 0 Å². The quantitative estimate of drug-likeness (QED) is 0.597. The van der Waals surface area contributed by atoms with Gasteiger partial charge in [0, 0.05) is 5.69 Å². The summed E-state index contributed by atoms with van der Waals surface area (Å²) in [4.78, 5) is 36.0. The number of nitrogens with zero attached hydrogens (tertiary/aromatic N) is 2. The molecule has 9 heteroatoms. The molecule has 0 spiro atoms. The van der Waals surface area contributed by atoms with Crippen molar-refractivity contribution in [3.05, 3.63) is 40.4 Å². The lowest BCUT2D eigenvalue weighted by Crippen LogP contribution is -2.31. The minimum atomic E-state index is -1.41. The van der Waals surface area contributed by atoms with Crippen LogP contribution in [0.15, 0.2) is 24.3 Å². The summed E-state index contributed by atoms with van der Waals surface area (Å²) in [6.45, 7) is 3.61. The maximum Gasteiger partial charge on any atom is 0.324 e. The average molecular weight is 348 g/mol. The van der Waals surface area contributed by atoms with Crippen molar-refractivity contribution in [2.75, 3.05) is 11.9 Å². The number of rotatable bonds is 6. The number of esters is 1. The summed E-state index contributed by atoms with van der Waals surface area (Å²) in [7, 11) is 0. The Morgan fingerprint density at radius 1 is 1.29 bits per heavy atom. The number of nitrogens with one attached hydrogen (secondary N) is 1. The smallest absolute Gasteiger partial charge is 0.324 e. The number of aromatic nitrogens is 2. The fourth-order valence-corrected chi connectivity index (χ4v) is 2.70. The van der Waals surface area contributed by atoms with Crippen molar-refractivity contribution >= 4 is 35.0 Å². The first-order valence-corrected chi connectivity index (χ1v) is 7.87. The molecule has 24 heavy (non-hydrogen) atoms. The Balaban J connectivity index is 2.27. The van der Waals surface area contributed by atoms with E-state index in [0.717, 1.165) is 17.1 Å². The number of nitrogens with two attached hydrogens (primary N) is 1. The van der Waals surface area contributed by atoms with Crippen molar-refractivity contribution in [1.82, 2.24) is 9.59 Å². The van der Waals surface area contributed by atoms with Crippen molar-refractivity contribution in [2.24, 2.45) is 5.73 Å². The molecule has 0 unspecified atom stereocenters. The van der Waals surface area contributed by atoms with Crippen LogP contribution in [0, 0.1) is 6.92 Å². The number of ether oxygens (including phenoxy) is 1. The molecule has 2 amide bonds. The Morgan fingerprint density at radius 3 is 2.54 bits per heavy atom. The Bertz CT molecular complexity index is 757. The molecular weight excluding hydrogens is 332 g/mol. The van der Waals surface area contributed by atoms with Crippen LogP contribution in [0.3, 0.4) is 0 Å². The summed E-state index contributed by atoms with van der Waals surface area (Å²) < 4.78 is 8.49. The van der Waals surface area contributed by atoms with Gasteiger partial charge in [0.25, 0.3) is 5.91 Å². The number of hydrogen-bond acceptors (Lipinski definition) is 7. The van der Waals surface area contributed by atoms with E-state index < -0.39 is 23.7 Å². The predicted molar refractivity (Wildman–Crippen MR) is 87.6 cm³/mol. The second-order valence-electron chi connectivity index (χ2n) is 4.89. The van der Waals surface area contributed by atoms with E-state index in [1.54, 1.807) is 19.1 Å². The highest BCUT2D eigenvalue weighted by molar-refractivity contribution is 7.06. The molecule has 2 aromatic rings. The third-order valence-corrected chi connectivity index (χ3v) is 3.90. The number of carbonyl (C=O) groups is 3. The molecule has 1 aromatic heterocycles. The van der Waals surface area contributed by atoms with Crippen LogP contribution in [0.5, 0.6) is 0 Å². The van der Waals surface area contributed by atoms with Gasteiger partial charge in [-0.1, -0.05) is 22.2 Å². The SMILES string of the molecule is CCOC(=O)[C@H](C(N)=O)c1snnc1C(=O)Nc1ccc(C)cc1. The zero-order chi connectivity index (χ0) is 17.7. The van der Waals surface area contributed by atoms with Gasteiger partial charge >= 0.3 is 5.97 Å². The molecule has 8 nitrogen and oxygen atoms in total. The molecule has 0 aliphatic heterocycles. The van der Waals surface area contributed by atoms with Crippen LogP contribution in [-0.2, 0) is 14.3 Å². The number of benzene rings is 1. The van der Waals surface area contributed by atoms with Crippen LogP contribution < -0.4 is 11.1 Å². The number of aryl methyl sites for hydroxylation is 1. The van der Waals surface area contributed by atoms with Crippen LogP contribution >= 0.6 is 11.5 Å². The molecule has 0 saturated carbocycles. The molecule has 0 aliphatic rings. The van der Waals surface area contributed by atoms with Crippen molar-refractivity contribution in [1.29, 1.82) is 0 Å². The number of amides is 2. The fraction of sp³-hybridized carbons (Fsp3) is 0.267. The van der Waals surface area contributed by atoms with Gasteiger partial charge < -0.3 is 15.8 Å². The van der Waals surface area contributed by atoms with Crippen molar-refractivity contribution < 1.29 is 19.1 Å². The topological polar surface area (TPSA) is 124 Å². The van der Waals surface area contributed by atoms with Gasteiger partial charge in [0.15, 0.2) is 11.6 Å². The van der Waals surface area contributed by atoms with Gasteiger partial charge in [0.05, 0.1) is 11.5 Å². The molecule has 1 heterocycles. The van der Waals surface area contributed by atoms with Gasteiger partial charge in [-0.25, -0.2) is 0 Å². The lowest BCUT2D eigenvalue weighted by molar-refractivity contribution is -0.147. The Hall–Kier alpha value is -2.81. The predicted octanol–water partition coefficient (Wildman–Crippen LogP) is 1.23. The summed E-state index contributed by atoms with van der Waals surface area (Å²) in [5.41, 5.74) is 6.74. The van der Waals surface area contributed by atoms with E-state index in [1.807, 2.05) is 19.1 Å². The van der Waals surface area contributed by atoms with E-state index in [9.17, 15) is 14.4 Å². The third-order valence-electron chi connectivity index (χ3n) is 3.11. The van der Waals surface area contributed by atoms with E-state index in [4.69, 9.17) is 10.5 Å². The Morgan fingerprint density at radius 2 is 1.96 bits per heavy atom. The van der Waals surface area contributed by atoms with Crippen LogP contribution in [0.4, 0.5) is 5.69 Å². The van der Waals surface area contributed by atoms with Crippen LogP contribution in [0.1, 0.15) is 33.8 Å². The summed E-state index contributed by atoms with van der Waals surface area (Å²) in [5, 5.41) is 6.35. The molecule has 0 saturated heterocycles. The first-order chi connectivity index (χ1) is 11.4. The van der Waals surface area contributed by atoms with Crippen molar-refractivity contribution in [2.45, 2.75) is 19.8 Å². The molecule has 0 fully saturated rings. The lowest BCUT2D eigenvalue weighted by atomic mass is 10.1. The summed E-state index contributed by atoms with van der Waals surface area (Å²) in [5.74, 6) is -3.76. The summed E-state index contributed by atoms with van der Waals surface area (Å²) in [6, 6.07) is 7.12. The fourth-order valence-electron chi connectivity index (χ4n) is 1.95. The Kier molecular flexibility index (Phi) is 5.59. The highest BCUT2D eigenvalue weighted by Gasteiger charge is 2.34. The number of anilines is 1. The van der Waals surface area contributed by atoms with Crippen LogP contribution in [0.2, 0.25) is 0 Å². The minimum Gasteiger partial charge on any atom is -0.465 e. The number of carbonyl (C=O) groups excluding carboxylic acids is 3. The molecule has 126 valence electrons. The molecule has 0 aliphatic carbocycles. The zero-order valence-corrected chi connectivity index (χ0v) is 13.9. The average Bonchev–Trinajstić information content (AvgIpc) is 2.99. The van der Waals surface area contributed by atoms with Crippen LogP contribution in [-0.4, -0.2) is 34.0 Å². The Labute approximate surface area is 142 Å². The first-order valence-electron chi connectivity index (χ1n) is 7.10. The highest BCUT2D eigenvalue weighted by atomic mass is 32.1. The van der Waals surface area contributed by atoms with E-state index in [1.165, 1.54) is 0 Å². The van der Waals surface area contributed by atoms with Gasteiger partial charge in [-0.05, 0) is 37.5 Å². The van der Waals surface area contributed by atoms with Gasteiger partial charge in [0.1, 0.15) is 0 Å². The first kappa shape index (κ1) is 17.5. The number of hydrogen-bond donors (Lipinski definition) is 2. The molecule has 2 rings (SSSR count). The number of primary amides is 1. The monoisotopic (exact) mass is 348 g/mol. The second-order valence-corrected chi connectivity index (χ2v) is 5.68. The van der Waals surface area contributed by atoms with Gasteiger partial charge in [-0.15, -0.1) is 5.10 Å². The van der Waals surface area contributed by atoms with Gasteiger partial charge in [-0.2, -0.15) is 0 Å². The summed E-state index contributed by atoms with van der Waals surface area (Å²) in [6.07, 6.45) is 0. The largest absolute Gasteiger partial charge is 0.465 e. The molecular formula is C15H16N4O4S. The van der Waals surface area contributed by atoms with Gasteiger partial charge in [-0.3, -0.25) is 14.4 Å². The molecule has 0 bridgehead atoms. The van der Waals surface area contributed by atoms with E-state index in [0.29, 0.717) is 5.69 Å². The minimum absolute atomic E-state index is 0.0607. The standard InChI is InChI=1S/C15H16N4O4S/c1-3-23-15(22)10(13(16)20)12-11(18-19-24-12)14(21)17-9-6-4-8(2)5-7-9/h4-7,10H,3H2,1-2H3,(H2,16,20)(H,17,21)/t10-/m0/s1. The molecule has 1 atom stereocenters. The maximum atomic E-state index is 12.4.